The smallest absolute Gasteiger partial charge is 0.200 e. The van der Waals surface area contributed by atoms with Crippen LogP contribution in [0.2, 0.25) is 0 Å². The Bertz CT molecular complexity index is 993. The molecule has 0 saturated heterocycles. The fourth-order valence-corrected chi connectivity index (χ4v) is 3.11. The highest BCUT2D eigenvalue weighted by Gasteiger charge is 2.21. The van der Waals surface area contributed by atoms with Gasteiger partial charge in [-0.1, -0.05) is 52.0 Å². The molecule has 6 heteroatoms. The lowest BCUT2D eigenvalue weighted by Gasteiger charge is -2.23. The molecule has 0 aliphatic carbocycles. The van der Waals surface area contributed by atoms with Gasteiger partial charge in [-0.25, -0.2) is 0 Å². The molecular formula is C26H36O6. The van der Waals surface area contributed by atoms with Crippen LogP contribution < -0.4 is 10.2 Å². The molecule has 0 aliphatic rings. The number of hydrogen-bond acceptors (Lipinski definition) is 6. The zero-order valence-electron chi connectivity index (χ0n) is 20.1. The number of para-hydroxylation sites is 1. The molecule has 0 aliphatic heterocycles. The van der Waals surface area contributed by atoms with Crippen molar-refractivity contribution in [3.05, 3.63) is 64.5 Å². The van der Waals surface area contributed by atoms with Crippen molar-refractivity contribution in [2.24, 2.45) is 0 Å². The van der Waals surface area contributed by atoms with Gasteiger partial charge >= 0.3 is 0 Å². The Morgan fingerprint density at radius 2 is 1.62 bits per heavy atom. The monoisotopic (exact) mass is 444 g/mol. The summed E-state index contributed by atoms with van der Waals surface area (Å²) in [7, 11) is 1.59. The predicted molar refractivity (Wildman–Crippen MR) is 129 cm³/mol. The predicted octanol–water partition coefficient (Wildman–Crippen LogP) is 5.34. The summed E-state index contributed by atoms with van der Waals surface area (Å²) in [4.78, 5) is 13.0. The lowest BCUT2D eigenvalue weighted by molar-refractivity contribution is -0.0777. The first kappa shape index (κ1) is 27.4. The maximum absolute atomic E-state index is 13.0. The van der Waals surface area contributed by atoms with Gasteiger partial charge in [0, 0.05) is 5.56 Å². The summed E-state index contributed by atoms with van der Waals surface area (Å²) in [5, 5.41) is 19.2. The second kappa shape index (κ2) is 13.7. The van der Waals surface area contributed by atoms with Crippen LogP contribution in [0.3, 0.4) is 0 Å². The van der Waals surface area contributed by atoms with Crippen molar-refractivity contribution in [1.29, 1.82) is 0 Å². The van der Waals surface area contributed by atoms with E-state index in [9.17, 15) is 9.90 Å². The maximum Gasteiger partial charge on any atom is 0.200 e. The zero-order valence-corrected chi connectivity index (χ0v) is 20.1. The van der Waals surface area contributed by atoms with Gasteiger partial charge in [0.15, 0.2) is 0 Å². The molecule has 176 valence electrons. The number of fused-ring (bicyclic) bond motifs is 1. The van der Waals surface area contributed by atoms with Gasteiger partial charge in [-0.15, -0.1) is 0 Å². The van der Waals surface area contributed by atoms with Gasteiger partial charge in [0.25, 0.3) is 0 Å². The number of hydrogen-bond donors (Lipinski definition) is 2. The second-order valence-electron chi connectivity index (χ2n) is 6.66. The maximum atomic E-state index is 13.0. The Kier molecular flexibility index (Phi) is 11.7. The highest BCUT2D eigenvalue weighted by atomic mass is 16.5. The quantitative estimate of drug-likeness (QED) is 0.511. The minimum atomic E-state index is -0.980. The molecule has 0 radical (unpaired) electrons. The van der Waals surface area contributed by atoms with Crippen LogP contribution in [0.4, 0.5) is 0 Å². The molecule has 0 fully saturated rings. The molecule has 6 nitrogen and oxygen atoms in total. The molecule has 2 N–H and O–H groups in total. The van der Waals surface area contributed by atoms with Crippen molar-refractivity contribution in [1.82, 2.24) is 0 Å². The number of aliphatic hydroxyl groups is 2. The van der Waals surface area contributed by atoms with E-state index in [1.54, 1.807) is 38.3 Å². The number of methoxy groups -OCH3 is 1. The molecule has 1 heterocycles. The largest absolute Gasteiger partial charge is 0.497 e. The van der Waals surface area contributed by atoms with Gasteiger partial charge < -0.3 is 24.1 Å². The summed E-state index contributed by atoms with van der Waals surface area (Å²) in [6.07, 6.45) is -0.532. The summed E-state index contributed by atoms with van der Waals surface area (Å²) in [5.41, 5.74) is 2.22. The minimum Gasteiger partial charge on any atom is -0.497 e. The van der Waals surface area contributed by atoms with E-state index in [4.69, 9.17) is 19.0 Å². The van der Waals surface area contributed by atoms with Crippen molar-refractivity contribution in [3.63, 3.8) is 0 Å². The molecule has 3 atom stereocenters. The average Bonchev–Trinajstić information content (AvgIpc) is 2.86. The molecule has 0 bridgehead atoms. The Balaban J connectivity index is 0.00000121. The fraction of sp³-hybridized carbons (Fsp3) is 0.423. The van der Waals surface area contributed by atoms with E-state index in [2.05, 4.69) is 0 Å². The first-order valence-electron chi connectivity index (χ1n) is 11.1. The standard InChI is InChI=1S/C22H24O6.2C2H6/c1-13(28-14(2)20(24)11-23)17-5-4-6-18-21(25)19(12-27-22(17)18)15-7-9-16(26-3)10-8-15;2*1-2/h4-10,12-14,20,23-24H,11H2,1-3H3;2*1-2H3. The van der Waals surface area contributed by atoms with Crippen LogP contribution in [-0.4, -0.2) is 36.1 Å². The third-order valence-corrected chi connectivity index (χ3v) is 4.82. The van der Waals surface area contributed by atoms with Gasteiger partial charge in [-0.2, -0.15) is 0 Å². The van der Waals surface area contributed by atoms with Crippen LogP contribution in [0, 0.1) is 0 Å². The third-order valence-electron chi connectivity index (χ3n) is 4.82. The Labute approximate surface area is 190 Å². The molecule has 3 rings (SSSR count). The Morgan fingerprint density at radius 3 is 2.19 bits per heavy atom. The number of ether oxygens (including phenoxy) is 2. The summed E-state index contributed by atoms with van der Waals surface area (Å²) >= 11 is 0. The molecule has 0 spiro atoms. The Morgan fingerprint density at radius 1 is 1.00 bits per heavy atom. The van der Waals surface area contributed by atoms with Gasteiger partial charge in [0.05, 0.1) is 36.9 Å². The van der Waals surface area contributed by atoms with Crippen LogP contribution in [0.15, 0.2) is 57.9 Å². The fourth-order valence-electron chi connectivity index (χ4n) is 3.11. The first-order valence-corrected chi connectivity index (χ1v) is 11.1. The molecule has 0 amide bonds. The van der Waals surface area contributed by atoms with Crippen molar-refractivity contribution in [2.75, 3.05) is 13.7 Å². The van der Waals surface area contributed by atoms with Crippen LogP contribution in [-0.2, 0) is 4.74 Å². The van der Waals surface area contributed by atoms with Gasteiger partial charge in [-0.05, 0) is 37.6 Å². The van der Waals surface area contributed by atoms with Gasteiger partial charge in [0.2, 0.25) is 5.43 Å². The second-order valence-corrected chi connectivity index (χ2v) is 6.66. The van der Waals surface area contributed by atoms with Crippen LogP contribution >= 0.6 is 0 Å². The molecule has 1 aromatic heterocycles. The SMILES string of the molecule is CC.CC.COc1ccc(-c2coc3c(C(C)OC(C)C(O)CO)cccc3c2=O)cc1. The van der Waals surface area contributed by atoms with E-state index in [1.807, 2.05) is 52.8 Å². The Hall–Kier alpha value is -2.67. The molecule has 3 unspecified atom stereocenters. The van der Waals surface area contributed by atoms with Crippen molar-refractivity contribution < 1.29 is 24.1 Å². The average molecular weight is 445 g/mol. The van der Waals surface area contributed by atoms with E-state index in [0.29, 0.717) is 27.8 Å². The summed E-state index contributed by atoms with van der Waals surface area (Å²) in [6, 6.07) is 12.5. The number of benzene rings is 2. The molecule has 0 saturated carbocycles. The summed E-state index contributed by atoms with van der Waals surface area (Å²) < 4.78 is 16.8. The normalized spacial score (nSPS) is 13.2. The topological polar surface area (TPSA) is 89.1 Å². The minimum absolute atomic E-state index is 0.135. The number of aliphatic hydroxyl groups excluding tert-OH is 2. The lowest BCUT2D eigenvalue weighted by atomic mass is 10.0. The number of rotatable bonds is 7. The van der Waals surface area contributed by atoms with E-state index in [0.717, 1.165) is 5.56 Å². The van der Waals surface area contributed by atoms with Crippen molar-refractivity contribution in [3.8, 4) is 16.9 Å². The zero-order chi connectivity index (χ0) is 24.3. The lowest BCUT2D eigenvalue weighted by Crippen LogP contribution is -2.30. The van der Waals surface area contributed by atoms with Gasteiger partial charge in [-0.3, -0.25) is 4.79 Å². The third kappa shape index (κ3) is 6.42. The molecule has 32 heavy (non-hydrogen) atoms. The van der Waals surface area contributed by atoms with E-state index in [-0.39, 0.29) is 12.0 Å². The molecule has 3 aromatic rings. The highest BCUT2D eigenvalue weighted by Crippen LogP contribution is 2.29. The summed E-state index contributed by atoms with van der Waals surface area (Å²) in [6.45, 7) is 11.1. The van der Waals surface area contributed by atoms with Crippen LogP contribution in [0.1, 0.15) is 53.2 Å². The molecule has 2 aromatic carbocycles. The van der Waals surface area contributed by atoms with E-state index >= 15 is 0 Å². The van der Waals surface area contributed by atoms with Crippen LogP contribution in [0.25, 0.3) is 22.1 Å². The van der Waals surface area contributed by atoms with E-state index < -0.39 is 18.3 Å². The first-order chi connectivity index (χ1) is 15.5. The van der Waals surface area contributed by atoms with Gasteiger partial charge in [0.1, 0.15) is 23.7 Å². The van der Waals surface area contributed by atoms with Crippen molar-refractivity contribution >= 4 is 11.0 Å². The highest BCUT2D eigenvalue weighted by molar-refractivity contribution is 5.84. The summed E-state index contributed by atoms with van der Waals surface area (Å²) in [5.74, 6) is 0.710. The van der Waals surface area contributed by atoms with Crippen molar-refractivity contribution in [2.45, 2.75) is 59.9 Å². The van der Waals surface area contributed by atoms with E-state index in [1.165, 1.54) is 6.26 Å². The van der Waals surface area contributed by atoms with Crippen LogP contribution in [0.5, 0.6) is 5.75 Å². The molecular weight excluding hydrogens is 408 g/mol.